The lowest BCUT2D eigenvalue weighted by Crippen LogP contribution is -2.38. The first-order valence-corrected chi connectivity index (χ1v) is 12.6. The minimum atomic E-state index is -0.906. The van der Waals surface area contributed by atoms with E-state index in [1.54, 1.807) is 0 Å². The SMILES string of the molecule is CCC(OC(=O)c1c2c(nc3ccccc13)CCN(C(C)C)C2)C(=O)Nc1ccc2ccccc2c1. The third kappa shape index (κ3) is 4.69. The highest BCUT2D eigenvalue weighted by molar-refractivity contribution is 6.06. The summed E-state index contributed by atoms with van der Waals surface area (Å²) in [5.41, 5.74) is 3.81. The van der Waals surface area contributed by atoms with Crippen LogP contribution in [0.25, 0.3) is 21.7 Å². The zero-order valence-corrected chi connectivity index (χ0v) is 21.0. The number of pyridine rings is 1. The number of nitrogens with zero attached hydrogens (tertiary/aromatic N) is 2. The third-order valence-electron chi connectivity index (χ3n) is 6.94. The van der Waals surface area contributed by atoms with Crippen molar-refractivity contribution in [2.75, 3.05) is 11.9 Å². The van der Waals surface area contributed by atoms with Gasteiger partial charge >= 0.3 is 5.97 Å². The fraction of sp³-hybridized carbons (Fsp3) is 0.300. The van der Waals surface area contributed by atoms with Crippen LogP contribution in [0.5, 0.6) is 0 Å². The molecule has 1 unspecified atom stereocenters. The van der Waals surface area contributed by atoms with E-state index in [0.29, 0.717) is 30.3 Å². The van der Waals surface area contributed by atoms with Crippen LogP contribution in [0.2, 0.25) is 0 Å². The van der Waals surface area contributed by atoms with E-state index in [1.807, 2.05) is 73.7 Å². The smallest absolute Gasteiger partial charge is 0.340 e. The molecule has 0 bridgehead atoms. The van der Waals surface area contributed by atoms with Gasteiger partial charge in [-0.3, -0.25) is 14.7 Å². The second kappa shape index (κ2) is 10.1. The van der Waals surface area contributed by atoms with Crippen LogP contribution in [0.1, 0.15) is 48.8 Å². The van der Waals surface area contributed by atoms with Gasteiger partial charge in [0.15, 0.2) is 6.10 Å². The molecule has 1 aliphatic rings. The van der Waals surface area contributed by atoms with Gasteiger partial charge in [-0.2, -0.15) is 0 Å². The lowest BCUT2D eigenvalue weighted by atomic mass is 9.95. The number of aromatic nitrogens is 1. The molecule has 1 N–H and O–H groups in total. The predicted molar refractivity (Wildman–Crippen MR) is 143 cm³/mol. The van der Waals surface area contributed by atoms with Crippen molar-refractivity contribution in [2.24, 2.45) is 0 Å². The number of hydrogen-bond donors (Lipinski definition) is 1. The summed E-state index contributed by atoms with van der Waals surface area (Å²) in [4.78, 5) is 34.0. The molecular weight excluding hydrogens is 450 g/mol. The van der Waals surface area contributed by atoms with Crippen molar-refractivity contribution in [1.29, 1.82) is 0 Å². The molecule has 1 aromatic heterocycles. The Morgan fingerprint density at radius 1 is 1.03 bits per heavy atom. The lowest BCUT2D eigenvalue weighted by molar-refractivity contribution is -0.124. The van der Waals surface area contributed by atoms with Gasteiger partial charge in [0, 0.05) is 47.9 Å². The number of nitrogens with one attached hydrogen (secondary N) is 1. The van der Waals surface area contributed by atoms with Crippen LogP contribution in [-0.4, -0.2) is 40.5 Å². The molecule has 1 aliphatic heterocycles. The maximum absolute atomic E-state index is 13.7. The summed E-state index contributed by atoms with van der Waals surface area (Å²) in [7, 11) is 0. The Hall–Kier alpha value is -3.77. The average molecular weight is 482 g/mol. The number of rotatable bonds is 6. The zero-order chi connectivity index (χ0) is 25.2. The molecule has 2 heterocycles. The van der Waals surface area contributed by atoms with Crippen molar-refractivity contribution in [1.82, 2.24) is 9.88 Å². The molecule has 1 amide bonds. The molecular formula is C30H31N3O3. The molecule has 0 saturated carbocycles. The van der Waals surface area contributed by atoms with Crippen LogP contribution in [0.3, 0.4) is 0 Å². The van der Waals surface area contributed by atoms with E-state index in [-0.39, 0.29) is 5.91 Å². The Bertz CT molecular complexity index is 1450. The maximum atomic E-state index is 13.7. The average Bonchev–Trinajstić information content (AvgIpc) is 2.89. The van der Waals surface area contributed by atoms with Gasteiger partial charge in [0.25, 0.3) is 5.91 Å². The van der Waals surface area contributed by atoms with Crippen LogP contribution in [0, 0.1) is 0 Å². The van der Waals surface area contributed by atoms with Crippen LogP contribution in [0.4, 0.5) is 5.69 Å². The van der Waals surface area contributed by atoms with Gasteiger partial charge in [0.2, 0.25) is 0 Å². The summed E-state index contributed by atoms with van der Waals surface area (Å²) in [6.07, 6.45) is 0.239. The second-order valence-electron chi connectivity index (χ2n) is 9.60. The molecule has 36 heavy (non-hydrogen) atoms. The normalized spacial score (nSPS) is 14.6. The van der Waals surface area contributed by atoms with Crippen molar-refractivity contribution in [3.8, 4) is 0 Å². The summed E-state index contributed by atoms with van der Waals surface area (Å²) < 4.78 is 5.88. The molecule has 184 valence electrons. The van der Waals surface area contributed by atoms with Crippen LogP contribution >= 0.6 is 0 Å². The fourth-order valence-corrected chi connectivity index (χ4v) is 4.89. The fourth-order valence-electron chi connectivity index (χ4n) is 4.89. The van der Waals surface area contributed by atoms with Gasteiger partial charge in [-0.15, -0.1) is 0 Å². The monoisotopic (exact) mass is 481 g/mol. The zero-order valence-electron chi connectivity index (χ0n) is 21.0. The predicted octanol–water partition coefficient (Wildman–Crippen LogP) is 5.73. The number of amides is 1. The summed E-state index contributed by atoms with van der Waals surface area (Å²) in [6.45, 7) is 7.69. The van der Waals surface area contributed by atoms with Gasteiger partial charge in [0.05, 0.1) is 11.1 Å². The van der Waals surface area contributed by atoms with Crippen LogP contribution in [0.15, 0.2) is 66.7 Å². The van der Waals surface area contributed by atoms with Crippen molar-refractivity contribution >= 4 is 39.2 Å². The molecule has 0 radical (unpaired) electrons. The highest BCUT2D eigenvalue weighted by Gasteiger charge is 2.30. The Balaban J connectivity index is 1.43. The maximum Gasteiger partial charge on any atom is 0.340 e. The van der Waals surface area contributed by atoms with Crippen LogP contribution in [-0.2, 0) is 22.5 Å². The van der Waals surface area contributed by atoms with Gasteiger partial charge in [-0.05, 0) is 49.2 Å². The number of anilines is 1. The Morgan fingerprint density at radius 3 is 2.56 bits per heavy atom. The van der Waals surface area contributed by atoms with E-state index < -0.39 is 12.1 Å². The lowest BCUT2D eigenvalue weighted by Gasteiger charge is -2.32. The topological polar surface area (TPSA) is 71.5 Å². The number of para-hydroxylation sites is 1. The number of carbonyl (C=O) groups is 2. The molecule has 1 atom stereocenters. The molecule has 3 aromatic carbocycles. The van der Waals surface area contributed by atoms with E-state index in [1.165, 1.54) is 0 Å². The van der Waals surface area contributed by atoms with Crippen molar-refractivity contribution in [2.45, 2.75) is 52.3 Å². The standard InChI is InChI=1S/C30H31N3O3/c1-4-27(29(34)31-22-14-13-20-9-5-6-10-21(20)17-22)36-30(35)28-23-11-7-8-12-25(23)32-26-15-16-33(19(2)3)18-24(26)28/h5-14,17,19,27H,4,15-16,18H2,1-3H3,(H,31,34). The van der Waals surface area contributed by atoms with E-state index in [4.69, 9.17) is 9.72 Å². The first-order chi connectivity index (χ1) is 17.4. The molecule has 6 nitrogen and oxygen atoms in total. The molecule has 5 rings (SSSR count). The first-order valence-electron chi connectivity index (χ1n) is 12.6. The van der Waals surface area contributed by atoms with Gasteiger partial charge in [-0.25, -0.2) is 4.79 Å². The Labute approximate surface area is 211 Å². The number of benzene rings is 3. The Morgan fingerprint density at radius 2 is 1.78 bits per heavy atom. The third-order valence-corrected chi connectivity index (χ3v) is 6.94. The van der Waals surface area contributed by atoms with Crippen LogP contribution < -0.4 is 5.32 Å². The molecule has 0 fully saturated rings. The van der Waals surface area contributed by atoms with Gasteiger partial charge in [0.1, 0.15) is 0 Å². The summed E-state index contributed by atoms with van der Waals surface area (Å²) in [5, 5.41) is 5.82. The van der Waals surface area contributed by atoms with E-state index in [2.05, 4.69) is 24.1 Å². The molecule has 0 aliphatic carbocycles. The minimum Gasteiger partial charge on any atom is -0.449 e. The highest BCUT2D eigenvalue weighted by atomic mass is 16.5. The van der Waals surface area contributed by atoms with Gasteiger partial charge < -0.3 is 10.1 Å². The Kier molecular flexibility index (Phi) is 6.70. The van der Waals surface area contributed by atoms with E-state index >= 15 is 0 Å². The molecule has 0 saturated heterocycles. The quantitative estimate of drug-likeness (QED) is 0.356. The second-order valence-corrected chi connectivity index (χ2v) is 9.60. The van der Waals surface area contributed by atoms with Crippen molar-refractivity contribution in [3.05, 3.63) is 83.6 Å². The summed E-state index contributed by atoms with van der Waals surface area (Å²) in [6, 6.07) is 21.7. The number of ether oxygens (including phenoxy) is 1. The molecule has 4 aromatic rings. The molecule has 6 heteroatoms. The first kappa shape index (κ1) is 23.9. The highest BCUT2D eigenvalue weighted by Crippen LogP contribution is 2.30. The van der Waals surface area contributed by atoms with E-state index in [0.717, 1.165) is 45.9 Å². The van der Waals surface area contributed by atoms with Crippen molar-refractivity contribution < 1.29 is 14.3 Å². The molecule has 0 spiro atoms. The number of hydrogen-bond acceptors (Lipinski definition) is 5. The number of fused-ring (bicyclic) bond motifs is 3. The summed E-state index contributed by atoms with van der Waals surface area (Å²) >= 11 is 0. The number of carbonyl (C=O) groups excluding carboxylic acids is 2. The largest absolute Gasteiger partial charge is 0.449 e. The minimum absolute atomic E-state index is 0.336. The summed E-state index contributed by atoms with van der Waals surface area (Å²) in [5.74, 6) is -0.812. The van der Waals surface area contributed by atoms with Gasteiger partial charge in [-0.1, -0.05) is 55.5 Å². The van der Waals surface area contributed by atoms with Crippen molar-refractivity contribution in [3.63, 3.8) is 0 Å². The number of esters is 1. The van der Waals surface area contributed by atoms with E-state index in [9.17, 15) is 9.59 Å².